The van der Waals surface area contributed by atoms with Crippen molar-refractivity contribution in [1.29, 1.82) is 0 Å². The van der Waals surface area contributed by atoms with Crippen molar-refractivity contribution < 1.29 is 13.2 Å². The summed E-state index contributed by atoms with van der Waals surface area (Å²) in [5.74, 6) is -1.82. The third-order valence-corrected chi connectivity index (χ3v) is 3.07. The molecule has 1 N–H and O–H groups in total. The monoisotopic (exact) mass is 244 g/mol. The van der Waals surface area contributed by atoms with E-state index in [1.165, 1.54) is 6.07 Å². The second-order valence-corrected chi connectivity index (χ2v) is 4.13. The van der Waals surface area contributed by atoms with E-state index in [9.17, 15) is 13.2 Å². The van der Waals surface area contributed by atoms with Crippen molar-refractivity contribution in [2.24, 2.45) is 0 Å². The maximum Gasteiger partial charge on any atom is 0.159 e. The molecule has 94 valence electrons. The Labute approximate surface area is 98.4 Å². The number of nitrogens with zero attached hydrogens (tertiary/aromatic N) is 1. The third kappa shape index (κ3) is 2.79. The number of benzene rings is 1. The fourth-order valence-electron chi connectivity index (χ4n) is 2.11. The van der Waals surface area contributed by atoms with Gasteiger partial charge in [0.1, 0.15) is 6.67 Å². The molecule has 1 saturated heterocycles. The van der Waals surface area contributed by atoms with Crippen LogP contribution in [0.4, 0.5) is 13.2 Å². The molecule has 1 aliphatic rings. The van der Waals surface area contributed by atoms with E-state index in [0.717, 1.165) is 25.2 Å². The van der Waals surface area contributed by atoms with Crippen molar-refractivity contribution >= 4 is 0 Å². The van der Waals surface area contributed by atoms with Crippen LogP contribution in [0.5, 0.6) is 0 Å². The molecule has 0 spiro atoms. The van der Waals surface area contributed by atoms with Gasteiger partial charge in [-0.2, -0.15) is 0 Å². The van der Waals surface area contributed by atoms with Crippen LogP contribution in [0.1, 0.15) is 11.6 Å². The molecule has 2 rings (SSSR count). The second-order valence-electron chi connectivity index (χ2n) is 4.13. The van der Waals surface area contributed by atoms with Crippen molar-refractivity contribution in [3.8, 4) is 0 Å². The smallest absolute Gasteiger partial charge is 0.159 e. The van der Waals surface area contributed by atoms with Gasteiger partial charge in [-0.1, -0.05) is 6.07 Å². The minimum Gasteiger partial charge on any atom is -0.314 e. The number of alkyl halides is 1. The minimum atomic E-state index is -0.920. The molecular weight excluding hydrogens is 229 g/mol. The van der Waals surface area contributed by atoms with Crippen molar-refractivity contribution in [1.82, 2.24) is 10.2 Å². The highest BCUT2D eigenvalue weighted by Crippen LogP contribution is 2.23. The predicted molar refractivity (Wildman–Crippen MR) is 59.5 cm³/mol. The normalized spacial score (nSPS) is 19.2. The molecule has 1 aromatic carbocycles. The number of rotatable bonds is 3. The van der Waals surface area contributed by atoms with Gasteiger partial charge in [0.15, 0.2) is 11.6 Å². The molecule has 0 aromatic heterocycles. The molecule has 0 aliphatic carbocycles. The van der Waals surface area contributed by atoms with Crippen molar-refractivity contribution in [2.45, 2.75) is 6.04 Å². The lowest BCUT2D eigenvalue weighted by Crippen LogP contribution is -2.45. The minimum absolute atomic E-state index is 0.479. The summed E-state index contributed by atoms with van der Waals surface area (Å²) in [6.45, 7) is 2.42. The standard InChI is InChI=1S/C12H15F3N2/c13-8-12(17-5-3-16-4-6-17)9-1-2-10(14)11(15)7-9/h1-2,7,12,16H,3-6,8H2/t12-/m0/s1. The summed E-state index contributed by atoms with van der Waals surface area (Å²) in [7, 11) is 0. The van der Waals surface area contributed by atoms with Crippen LogP contribution < -0.4 is 5.32 Å². The molecule has 0 saturated carbocycles. The lowest BCUT2D eigenvalue weighted by Gasteiger charge is -2.33. The van der Waals surface area contributed by atoms with Crippen LogP contribution in [0.25, 0.3) is 0 Å². The van der Waals surface area contributed by atoms with E-state index in [4.69, 9.17) is 0 Å². The summed E-state index contributed by atoms with van der Waals surface area (Å²) in [6.07, 6.45) is 0. The van der Waals surface area contributed by atoms with Gasteiger partial charge < -0.3 is 5.32 Å². The lowest BCUT2D eigenvalue weighted by molar-refractivity contribution is 0.147. The van der Waals surface area contributed by atoms with Gasteiger partial charge in [-0.25, -0.2) is 13.2 Å². The maximum absolute atomic E-state index is 13.1. The number of hydrogen-bond acceptors (Lipinski definition) is 2. The Morgan fingerprint density at radius 2 is 1.88 bits per heavy atom. The molecule has 1 aromatic rings. The maximum atomic E-state index is 13.1. The Morgan fingerprint density at radius 3 is 2.47 bits per heavy atom. The summed E-state index contributed by atoms with van der Waals surface area (Å²) < 4.78 is 39.0. The molecule has 17 heavy (non-hydrogen) atoms. The van der Waals surface area contributed by atoms with Crippen LogP contribution in [0.15, 0.2) is 18.2 Å². The first kappa shape index (κ1) is 12.4. The van der Waals surface area contributed by atoms with Gasteiger partial charge in [-0.15, -0.1) is 0 Å². The summed E-state index contributed by atoms with van der Waals surface area (Å²) in [5.41, 5.74) is 0.494. The van der Waals surface area contributed by atoms with Crippen molar-refractivity contribution in [3.63, 3.8) is 0 Å². The highest BCUT2D eigenvalue weighted by atomic mass is 19.2. The van der Waals surface area contributed by atoms with Crippen molar-refractivity contribution in [3.05, 3.63) is 35.4 Å². The van der Waals surface area contributed by atoms with Gasteiger partial charge in [0.2, 0.25) is 0 Å². The average Bonchev–Trinajstić information content (AvgIpc) is 2.36. The first-order valence-electron chi connectivity index (χ1n) is 5.68. The van der Waals surface area contributed by atoms with Gasteiger partial charge in [-0.3, -0.25) is 4.90 Å². The Morgan fingerprint density at radius 1 is 1.18 bits per heavy atom. The number of piperazine rings is 1. The molecule has 5 heteroatoms. The van der Waals surface area contributed by atoms with Gasteiger partial charge in [0, 0.05) is 26.2 Å². The molecule has 1 heterocycles. The van der Waals surface area contributed by atoms with E-state index >= 15 is 0 Å². The largest absolute Gasteiger partial charge is 0.314 e. The van der Waals surface area contributed by atoms with Gasteiger partial charge in [0.05, 0.1) is 6.04 Å². The molecule has 0 radical (unpaired) electrons. The van der Waals surface area contributed by atoms with Crippen LogP contribution in [0, 0.1) is 11.6 Å². The Kier molecular flexibility index (Phi) is 4.02. The fraction of sp³-hybridized carbons (Fsp3) is 0.500. The molecule has 1 aliphatic heterocycles. The summed E-state index contributed by atoms with van der Waals surface area (Å²) >= 11 is 0. The molecule has 0 bridgehead atoms. The molecule has 1 fully saturated rings. The zero-order valence-corrected chi connectivity index (χ0v) is 9.43. The first-order chi connectivity index (χ1) is 8.22. The first-order valence-corrected chi connectivity index (χ1v) is 5.68. The molecule has 1 atom stereocenters. The van der Waals surface area contributed by atoms with E-state index in [1.54, 1.807) is 0 Å². The quantitative estimate of drug-likeness (QED) is 0.873. The summed E-state index contributed by atoms with van der Waals surface area (Å²) in [6, 6.07) is 3.11. The zero-order valence-electron chi connectivity index (χ0n) is 9.43. The van der Waals surface area contributed by atoms with Crippen LogP contribution in [-0.4, -0.2) is 37.8 Å². The zero-order chi connectivity index (χ0) is 12.3. The lowest BCUT2D eigenvalue weighted by atomic mass is 10.1. The summed E-state index contributed by atoms with van der Waals surface area (Å²) in [5, 5.41) is 3.17. The Balaban J connectivity index is 2.18. The van der Waals surface area contributed by atoms with Crippen LogP contribution in [0.2, 0.25) is 0 Å². The van der Waals surface area contributed by atoms with Gasteiger partial charge in [0.25, 0.3) is 0 Å². The molecule has 0 amide bonds. The van der Waals surface area contributed by atoms with Gasteiger partial charge >= 0.3 is 0 Å². The molecule has 2 nitrogen and oxygen atoms in total. The number of nitrogens with one attached hydrogen (secondary N) is 1. The fourth-order valence-corrected chi connectivity index (χ4v) is 2.11. The van der Waals surface area contributed by atoms with E-state index < -0.39 is 24.4 Å². The van der Waals surface area contributed by atoms with E-state index in [1.807, 2.05) is 4.90 Å². The topological polar surface area (TPSA) is 15.3 Å². The van der Waals surface area contributed by atoms with Crippen LogP contribution >= 0.6 is 0 Å². The van der Waals surface area contributed by atoms with Crippen molar-refractivity contribution in [2.75, 3.05) is 32.9 Å². The number of halogens is 3. The Bertz CT molecular complexity index is 378. The van der Waals surface area contributed by atoms with E-state index in [0.29, 0.717) is 18.7 Å². The van der Waals surface area contributed by atoms with E-state index in [2.05, 4.69) is 5.32 Å². The Hall–Kier alpha value is -1.07. The average molecular weight is 244 g/mol. The molecular formula is C12H15F3N2. The summed E-state index contributed by atoms with van der Waals surface area (Å²) in [4.78, 5) is 1.95. The van der Waals surface area contributed by atoms with Gasteiger partial charge in [-0.05, 0) is 17.7 Å². The SMILES string of the molecule is FC[C@@H](c1ccc(F)c(F)c1)N1CCNCC1. The molecule has 0 unspecified atom stereocenters. The third-order valence-electron chi connectivity index (χ3n) is 3.07. The van der Waals surface area contributed by atoms with Crippen LogP contribution in [0.3, 0.4) is 0 Å². The predicted octanol–water partition coefficient (Wildman–Crippen LogP) is 1.88. The van der Waals surface area contributed by atoms with Crippen LogP contribution in [-0.2, 0) is 0 Å². The highest BCUT2D eigenvalue weighted by Gasteiger charge is 2.22. The second kappa shape index (κ2) is 5.51. The number of hydrogen-bond donors (Lipinski definition) is 1. The van der Waals surface area contributed by atoms with E-state index in [-0.39, 0.29) is 0 Å². The highest BCUT2D eigenvalue weighted by molar-refractivity contribution is 5.21.